The fraction of sp³-hybridized carbons (Fsp3) is 0.600. The molecule has 0 bridgehead atoms. The van der Waals surface area contributed by atoms with E-state index in [9.17, 15) is 117 Å². The standard InChI is InChI=1S/C10H14Cl2N3O7P.C10H18N3O15P3.C10H16N3O14P3.C10H15N3O6/c11-23(12,20)21-3-5-6(17)7(18)9(22-5)15-1-4(2-16)8(13)14-10(15)19;11-8-4(2-14)1-13(10(17)12-8)9-7(16)6(15)5(26-9)3-25-30(21,22)28-31(23,24)27-29(18,19)20;11-8-4(2-14)1-13(10(17)12-8)9-7(16)6(15)5(24-9)3-23-30(22)26-28(18,19)25-29(20,21)27-30;11-8-4(2-14)1-13(10(18)12-8)9-7(17)6(16)5(3-15)19-9/h1,5-7,9,16-18H,2-3H2,(H2,13,14,19);1,5-7,9,14-16H,2-3H2,(H,21,22)(H,23,24)(H2,11,12,17)(H2,18,19,20);1,5-7,9,14-16H,2-3H2,(H,18,19)(H,20,21)(H2,11,12,17);1,5-7,9,14-17H,2-3H2,(H2,11,12,18)/t4*5-,6?,7+,9-/m1111/s1. The highest BCUT2D eigenvalue weighted by atomic mass is 35.9. The van der Waals surface area contributed by atoms with E-state index in [0.29, 0.717) is 4.57 Å². The summed E-state index contributed by atoms with van der Waals surface area (Å²) in [6.07, 6.45) is -23.2. The highest BCUT2D eigenvalue weighted by molar-refractivity contribution is 8.05. The van der Waals surface area contributed by atoms with E-state index >= 15 is 0 Å². The molecule has 0 amide bonds. The Labute approximate surface area is 579 Å². The third-order valence-corrected chi connectivity index (χ3v) is 24.0. The smallest absolute Gasteiger partial charge is 0.394 e. The first-order valence-electron chi connectivity index (χ1n) is 27.5. The van der Waals surface area contributed by atoms with Gasteiger partial charge in [0, 0.05) is 47.0 Å². The molecule has 0 aliphatic carbocycles. The molecule has 63 heteroatoms. The minimum atomic E-state index is -5.75. The number of nitrogen functional groups attached to an aromatic ring is 4. The maximum atomic E-state index is 12.2. The largest absolute Gasteiger partial charge is 0.492 e. The molecule has 20 atom stereocenters. The number of anilines is 4. The lowest BCUT2D eigenvalue weighted by Gasteiger charge is -2.27. The molecule has 27 N–H and O–H groups in total. The van der Waals surface area contributed by atoms with Crippen LogP contribution < -0.4 is 45.7 Å². The molecule has 5 saturated heterocycles. The van der Waals surface area contributed by atoms with Gasteiger partial charge < -0.3 is 142 Å². The Bertz CT molecular complexity index is 4260. The molecule has 0 spiro atoms. The molecule has 9 rings (SSSR count). The minimum absolute atomic E-state index is 0.0124. The van der Waals surface area contributed by atoms with Crippen molar-refractivity contribution in [2.75, 3.05) is 49.4 Å². The molecule has 5 fully saturated rings. The van der Waals surface area contributed by atoms with Gasteiger partial charge >= 0.3 is 75.8 Å². The Morgan fingerprint density at radius 3 is 0.990 bits per heavy atom. The van der Waals surface area contributed by atoms with Crippen LogP contribution in [0, 0.1) is 0 Å². The molecule has 0 aromatic carbocycles. The van der Waals surface area contributed by atoms with Crippen LogP contribution in [-0.4, -0.2) is 234 Å². The molecule has 54 nitrogen and oxygen atoms in total. The van der Waals surface area contributed by atoms with E-state index in [1.807, 2.05) is 0 Å². The van der Waals surface area contributed by atoms with Gasteiger partial charge in [-0.1, -0.05) is 0 Å². The van der Waals surface area contributed by atoms with Gasteiger partial charge in [0.1, 0.15) is 96.5 Å². The predicted octanol–water partition coefficient (Wildman–Crippen LogP) is -7.93. The van der Waals surface area contributed by atoms with Crippen LogP contribution in [0.4, 0.5) is 23.3 Å². The summed E-state index contributed by atoms with van der Waals surface area (Å²) in [4.78, 5) is 115. The van der Waals surface area contributed by atoms with Gasteiger partial charge in [0.05, 0.1) is 52.9 Å². The highest BCUT2D eigenvalue weighted by Crippen LogP contribution is 2.80. The Kier molecular flexibility index (Phi) is 29.7. The normalized spacial score (nSPS) is 32.6. The van der Waals surface area contributed by atoms with Crippen molar-refractivity contribution in [3.05, 3.63) is 89.0 Å². The number of aromatic nitrogens is 8. The summed E-state index contributed by atoms with van der Waals surface area (Å²) in [6.45, 7) is -5.13. The van der Waals surface area contributed by atoms with Crippen molar-refractivity contribution in [3.8, 4) is 0 Å². The van der Waals surface area contributed by atoms with E-state index < -0.39 is 227 Å². The number of hydrogen-bond acceptors (Lipinski definition) is 44. The van der Waals surface area contributed by atoms with Gasteiger partial charge in [0.25, 0.3) is 0 Å². The van der Waals surface area contributed by atoms with Gasteiger partial charge in [-0.25, -0.2) is 46.6 Å². The van der Waals surface area contributed by atoms with Crippen molar-refractivity contribution in [1.29, 1.82) is 0 Å². The number of hydrogen-bond donors (Lipinski definition) is 23. The molecule has 0 saturated carbocycles. The maximum absolute atomic E-state index is 12.2. The third kappa shape index (κ3) is 22.9. The van der Waals surface area contributed by atoms with Gasteiger partial charge in [-0.15, -0.1) is 0 Å². The summed E-state index contributed by atoms with van der Waals surface area (Å²) in [5.41, 5.74) is 18.5. The van der Waals surface area contributed by atoms with Crippen molar-refractivity contribution in [2.45, 2.75) is 125 Å². The molecule has 103 heavy (non-hydrogen) atoms. The van der Waals surface area contributed by atoms with Gasteiger partial charge in [0.15, 0.2) is 24.9 Å². The lowest BCUT2D eigenvalue weighted by atomic mass is 10.1. The molecule has 5 aliphatic heterocycles. The van der Waals surface area contributed by atoms with Crippen LogP contribution >= 0.6 is 75.5 Å². The van der Waals surface area contributed by atoms with E-state index in [0.717, 1.165) is 32.3 Å². The number of phosphoric acid groups is 6. The first kappa shape index (κ1) is 87.6. The summed E-state index contributed by atoms with van der Waals surface area (Å²) >= 11 is 10.4. The number of halogens is 2. The number of rotatable bonds is 22. The number of nitrogens with zero attached hydrogens (tertiary/aromatic N) is 8. The molecule has 5 aliphatic rings. The van der Waals surface area contributed by atoms with E-state index in [1.54, 1.807) is 0 Å². The van der Waals surface area contributed by atoms with Gasteiger partial charge in [-0.3, -0.25) is 31.9 Å². The second kappa shape index (κ2) is 34.9. The zero-order valence-electron chi connectivity index (χ0n) is 50.9. The fourth-order valence-corrected chi connectivity index (χ4v) is 17.6. The topological polar surface area (TPSA) is 858 Å². The van der Waals surface area contributed by atoms with Crippen molar-refractivity contribution in [1.82, 2.24) is 38.2 Å². The average Bonchev–Trinajstić information content (AvgIpc) is 1.79. The molecule has 0 radical (unpaired) electrons. The highest BCUT2D eigenvalue weighted by Gasteiger charge is 2.56. The average molecular weight is 1670 g/mol. The quantitative estimate of drug-likeness (QED) is 0.0325. The molecule has 4 aromatic rings. The van der Waals surface area contributed by atoms with Crippen molar-refractivity contribution < 1.29 is 182 Å². The van der Waals surface area contributed by atoms with Gasteiger partial charge in [-0.2, -0.15) is 41.5 Å². The number of ether oxygens (including phenoxy) is 4. The summed E-state index contributed by atoms with van der Waals surface area (Å²) < 4.78 is 136. The van der Waals surface area contributed by atoms with E-state index in [-0.39, 0.29) is 45.5 Å². The molecule has 8 unspecified atom stereocenters. The van der Waals surface area contributed by atoms with Crippen LogP contribution in [0.15, 0.2) is 44.0 Å². The Morgan fingerprint density at radius 1 is 0.437 bits per heavy atom. The number of aliphatic hydroxyl groups excluding tert-OH is 13. The Morgan fingerprint density at radius 2 is 0.718 bits per heavy atom. The molecule has 9 heterocycles. The Balaban J connectivity index is 0.000000219. The lowest BCUT2D eigenvalue weighted by molar-refractivity contribution is -0.0551. The van der Waals surface area contributed by atoms with Crippen molar-refractivity contribution >= 4 is 98.8 Å². The number of phosphoric ester groups is 1. The molecular weight excluding hydrogens is 1610 g/mol. The second-order valence-electron chi connectivity index (χ2n) is 20.9. The molecule has 4 aromatic heterocycles. The summed E-state index contributed by atoms with van der Waals surface area (Å²) in [5, 5.41) is 125. The summed E-state index contributed by atoms with van der Waals surface area (Å²) in [6, 6.07) is 0. The van der Waals surface area contributed by atoms with Crippen LogP contribution in [-0.2, 0) is 112 Å². The fourth-order valence-electron chi connectivity index (χ4n) is 8.97. The first-order chi connectivity index (χ1) is 47.4. The van der Waals surface area contributed by atoms with Crippen LogP contribution in [0.5, 0.6) is 0 Å². The van der Waals surface area contributed by atoms with E-state index in [1.165, 1.54) is 6.20 Å². The summed E-state index contributed by atoms with van der Waals surface area (Å²) in [7, 11) is -32.5. The van der Waals surface area contributed by atoms with Crippen LogP contribution in [0.25, 0.3) is 0 Å². The van der Waals surface area contributed by atoms with Gasteiger partial charge in [0.2, 0.25) is 0 Å². The predicted molar refractivity (Wildman–Crippen MR) is 328 cm³/mol. The zero-order valence-corrected chi connectivity index (χ0v) is 58.6. The third-order valence-electron chi connectivity index (χ3n) is 13.8. The van der Waals surface area contributed by atoms with Crippen LogP contribution in [0.1, 0.15) is 47.2 Å². The van der Waals surface area contributed by atoms with E-state index in [4.69, 9.17) is 94.4 Å². The van der Waals surface area contributed by atoms with Crippen LogP contribution in [0.2, 0.25) is 0 Å². The van der Waals surface area contributed by atoms with Gasteiger partial charge in [-0.05, 0) is 22.5 Å². The maximum Gasteiger partial charge on any atom is 0.492 e. The van der Waals surface area contributed by atoms with Crippen molar-refractivity contribution in [3.63, 3.8) is 0 Å². The second-order valence-corrected chi connectivity index (χ2v) is 34.6. The molecular formula is C40H63Cl2N12O42P7. The molecule has 584 valence electrons. The Hall–Kier alpha value is -4.33. The number of nitrogens with two attached hydrogens (primary N) is 4. The lowest BCUT2D eigenvalue weighted by Crippen LogP contribution is -2.36. The first-order valence-corrected chi connectivity index (χ1v) is 39.9. The number of aliphatic hydroxyl groups is 13. The summed E-state index contributed by atoms with van der Waals surface area (Å²) in [5.74, 6) is -0.830. The zero-order chi connectivity index (χ0) is 77.8. The van der Waals surface area contributed by atoms with Crippen LogP contribution in [0.3, 0.4) is 0 Å². The van der Waals surface area contributed by atoms with Crippen molar-refractivity contribution in [2.24, 2.45) is 0 Å². The SMILES string of the molecule is Nc1nc(=O)n([C@@H]2O[C@H](CO)C(O)[C@@H]2O)cc1CO.Nc1nc(=O)n([C@@H]2O[C@H](COP(=O)(Cl)Cl)C(O)[C@@H]2O)cc1CO.Nc1nc(=O)n([C@@H]2O[C@H](COP(=O)(O)OP(=O)(O)OP(=O)(O)O)C(O)[C@@H]2O)cc1CO.Nc1nc(=O)n([C@@H]2O[C@H](COP3(=O)OP(=O)(O)OP(=O)(O)O3)C(O)[C@@H]2O)cc1CO. The minimum Gasteiger partial charge on any atom is -0.394 e. The van der Waals surface area contributed by atoms with E-state index in [2.05, 4.69) is 55.1 Å². The monoisotopic (exact) mass is 1670 g/mol.